The number of nitro groups is 1. The zero-order chi connectivity index (χ0) is 14.8. The minimum atomic E-state index is -0.529. The van der Waals surface area contributed by atoms with E-state index in [1.807, 2.05) is 6.20 Å². The number of nitrogens with zero attached hydrogens (tertiary/aromatic N) is 2. The number of allylic oxidation sites excluding steroid dienone is 1. The molecule has 0 aromatic heterocycles. The number of fused-ring (bicyclic) bond motifs is 1. The fourth-order valence-corrected chi connectivity index (χ4v) is 2.05. The molecular weight excluding hydrogens is 308 g/mol. The third-order valence-corrected chi connectivity index (χ3v) is 3.07. The summed E-state index contributed by atoms with van der Waals surface area (Å²) >= 11 is 0. The van der Waals surface area contributed by atoms with Crippen molar-refractivity contribution in [1.82, 2.24) is 5.32 Å². The highest BCUT2D eigenvalue weighted by Crippen LogP contribution is 2.13. The molecule has 0 aliphatic carbocycles. The van der Waals surface area contributed by atoms with Crippen LogP contribution in [0.3, 0.4) is 0 Å². The Bertz CT molecular complexity index is 752. The Morgan fingerprint density at radius 2 is 2.14 bits per heavy atom. The number of benzene rings is 1. The average Bonchev–Trinajstić information content (AvgIpc) is 2.95. The molecule has 0 bridgehead atoms. The van der Waals surface area contributed by atoms with Crippen molar-refractivity contribution in [3.8, 4) is 0 Å². The van der Waals surface area contributed by atoms with Gasteiger partial charge in [0, 0.05) is 23.8 Å². The maximum Gasteiger partial charge on any atom is 0.270 e. The number of nitro benzene ring substituents is 1. The Hall–Kier alpha value is -2.77. The van der Waals surface area contributed by atoms with Gasteiger partial charge in [-0.1, -0.05) is 6.07 Å². The third-order valence-electron chi connectivity index (χ3n) is 3.07. The first kappa shape index (κ1) is 15.6. The van der Waals surface area contributed by atoms with Gasteiger partial charge in [0.05, 0.1) is 16.8 Å². The molecule has 0 fully saturated rings. The van der Waals surface area contributed by atoms with Crippen molar-refractivity contribution in [3.63, 3.8) is 0 Å². The Balaban J connectivity index is 0.00000176. The molecule has 8 heteroatoms. The minimum absolute atomic E-state index is 0. The molecular formula is C14H11ClN4O3. The summed E-state index contributed by atoms with van der Waals surface area (Å²) in [5.74, 6) is 0.459. The number of quaternary nitrogens is 1. The first-order valence-corrected chi connectivity index (χ1v) is 6.21. The lowest BCUT2D eigenvalue weighted by molar-refractivity contribution is -0.679. The van der Waals surface area contributed by atoms with Crippen LogP contribution in [0.4, 0.5) is 5.69 Å². The van der Waals surface area contributed by atoms with Gasteiger partial charge < -0.3 is 17.7 Å². The lowest BCUT2D eigenvalue weighted by Crippen LogP contribution is -3.05. The summed E-state index contributed by atoms with van der Waals surface area (Å²) in [6.45, 7) is 0. The largest absolute Gasteiger partial charge is 1.00 e. The van der Waals surface area contributed by atoms with Crippen LogP contribution in [0.15, 0.2) is 65.7 Å². The highest BCUT2D eigenvalue weighted by atomic mass is 35.5. The van der Waals surface area contributed by atoms with E-state index in [0.717, 1.165) is 10.7 Å². The number of halogens is 1. The SMILES string of the molecule is O=C(NC1=C[NH+]2C=CN=C2C=C1)c1cccc([N+](=O)[O-])c1.[Cl-]. The molecule has 22 heavy (non-hydrogen) atoms. The molecule has 1 atom stereocenters. The second-order valence-corrected chi connectivity index (χ2v) is 4.48. The molecule has 0 radical (unpaired) electrons. The summed E-state index contributed by atoms with van der Waals surface area (Å²) in [5, 5.41) is 13.4. The van der Waals surface area contributed by atoms with Crippen molar-refractivity contribution < 1.29 is 27.0 Å². The number of hydrogen-bond acceptors (Lipinski definition) is 4. The molecule has 3 rings (SSSR count). The standard InChI is InChI=1S/C14H10N4O3.ClH/c19-14(10-2-1-3-12(8-10)18(20)21)16-11-4-5-13-15-6-7-17(13)9-11;/h1-9H,(H,16,19);1H. The molecule has 2 heterocycles. The minimum Gasteiger partial charge on any atom is -1.00 e. The van der Waals surface area contributed by atoms with E-state index in [1.54, 1.807) is 24.6 Å². The van der Waals surface area contributed by atoms with Crippen LogP contribution >= 0.6 is 0 Å². The number of hydrogen-bond donors (Lipinski definition) is 2. The average molecular weight is 319 g/mol. The van der Waals surface area contributed by atoms with E-state index in [-0.39, 0.29) is 23.7 Å². The van der Waals surface area contributed by atoms with Crippen LogP contribution in [0.2, 0.25) is 0 Å². The van der Waals surface area contributed by atoms with Crippen LogP contribution in [0.25, 0.3) is 0 Å². The Kier molecular flexibility index (Phi) is 4.50. The fraction of sp³-hybridized carbons (Fsp3) is 0. The molecule has 1 amide bonds. The van der Waals surface area contributed by atoms with Gasteiger partial charge in [0.25, 0.3) is 11.6 Å². The first-order valence-electron chi connectivity index (χ1n) is 6.21. The fourth-order valence-electron chi connectivity index (χ4n) is 2.05. The summed E-state index contributed by atoms with van der Waals surface area (Å²) < 4.78 is 0. The molecule has 2 aliphatic rings. The molecule has 7 nitrogen and oxygen atoms in total. The Morgan fingerprint density at radius 3 is 2.91 bits per heavy atom. The molecule has 1 aromatic carbocycles. The number of non-ortho nitro benzene ring substituents is 1. The maximum absolute atomic E-state index is 12.1. The predicted molar refractivity (Wildman–Crippen MR) is 75.3 cm³/mol. The third kappa shape index (κ3) is 3.11. The number of amidine groups is 1. The van der Waals surface area contributed by atoms with Gasteiger partial charge in [-0.3, -0.25) is 14.9 Å². The van der Waals surface area contributed by atoms with E-state index in [2.05, 4.69) is 10.3 Å². The van der Waals surface area contributed by atoms with Crippen molar-refractivity contribution in [2.45, 2.75) is 0 Å². The van der Waals surface area contributed by atoms with Crippen LogP contribution in [0.1, 0.15) is 10.4 Å². The summed E-state index contributed by atoms with van der Waals surface area (Å²) in [7, 11) is 0. The highest BCUT2D eigenvalue weighted by Gasteiger charge is 2.20. The number of carbonyl (C=O) groups is 1. The van der Waals surface area contributed by atoms with Gasteiger partial charge in [-0.15, -0.1) is 0 Å². The van der Waals surface area contributed by atoms with Gasteiger partial charge in [0.2, 0.25) is 5.84 Å². The summed E-state index contributed by atoms with van der Waals surface area (Å²) in [6, 6.07) is 5.61. The molecule has 0 saturated heterocycles. The highest BCUT2D eigenvalue weighted by molar-refractivity contribution is 5.96. The summed E-state index contributed by atoms with van der Waals surface area (Å²) in [5.41, 5.74) is 0.746. The zero-order valence-electron chi connectivity index (χ0n) is 11.2. The van der Waals surface area contributed by atoms with Crippen LogP contribution in [0, 0.1) is 10.1 Å². The lowest BCUT2D eigenvalue weighted by Gasteiger charge is -2.12. The number of nitrogens with one attached hydrogen (secondary N) is 2. The van der Waals surface area contributed by atoms with E-state index in [9.17, 15) is 14.9 Å². The second-order valence-electron chi connectivity index (χ2n) is 4.48. The number of rotatable bonds is 3. The maximum atomic E-state index is 12.1. The second kappa shape index (κ2) is 6.33. The Labute approximate surface area is 131 Å². The quantitative estimate of drug-likeness (QED) is 0.477. The van der Waals surface area contributed by atoms with Crippen LogP contribution in [-0.2, 0) is 0 Å². The normalized spacial score (nSPS) is 17.9. The van der Waals surface area contributed by atoms with E-state index in [0.29, 0.717) is 5.70 Å². The molecule has 0 saturated carbocycles. The number of amides is 1. The van der Waals surface area contributed by atoms with Gasteiger partial charge >= 0.3 is 0 Å². The zero-order valence-corrected chi connectivity index (χ0v) is 11.9. The van der Waals surface area contributed by atoms with Gasteiger partial charge in [-0.05, 0) is 12.1 Å². The van der Waals surface area contributed by atoms with Crippen LogP contribution in [0.5, 0.6) is 0 Å². The van der Waals surface area contributed by atoms with Crippen LogP contribution < -0.4 is 22.6 Å². The van der Waals surface area contributed by atoms with Crippen molar-refractivity contribution in [3.05, 3.63) is 76.4 Å². The predicted octanol–water partition coefficient (Wildman–Crippen LogP) is -2.49. The van der Waals surface area contributed by atoms with Crippen molar-refractivity contribution >= 4 is 17.4 Å². The van der Waals surface area contributed by atoms with Gasteiger partial charge in [-0.25, -0.2) is 4.90 Å². The molecule has 1 unspecified atom stereocenters. The number of aliphatic imine (C=N–C) groups is 1. The van der Waals surface area contributed by atoms with Crippen molar-refractivity contribution in [1.29, 1.82) is 0 Å². The molecule has 0 spiro atoms. The molecule has 2 aliphatic heterocycles. The van der Waals surface area contributed by atoms with E-state index >= 15 is 0 Å². The van der Waals surface area contributed by atoms with E-state index < -0.39 is 10.8 Å². The van der Waals surface area contributed by atoms with Gasteiger partial charge in [0.1, 0.15) is 12.4 Å². The lowest BCUT2D eigenvalue weighted by atomic mass is 10.2. The van der Waals surface area contributed by atoms with Gasteiger partial charge in [0.15, 0.2) is 0 Å². The van der Waals surface area contributed by atoms with E-state index in [4.69, 9.17) is 0 Å². The Morgan fingerprint density at radius 1 is 1.32 bits per heavy atom. The molecule has 112 valence electrons. The monoisotopic (exact) mass is 318 g/mol. The van der Waals surface area contributed by atoms with E-state index in [1.165, 1.54) is 24.3 Å². The van der Waals surface area contributed by atoms with Gasteiger partial charge in [-0.2, -0.15) is 4.99 Å². The van der Waals surface area contributed by atoms with Crippen molar-refractivity contribution in [2.24, 2.45) is 4.99 Å². The van der Waals surface area contributed by atoms with Crippen molar-refractivity contribution in [2.75, 3.05) is 0 Å². The summed E-state index contributed by atoms with van der Waals surface area (Å²) in [4.78, 5) is 27.4. The smallest absolute Gasteiger partial charge is 0.270 e. The topological polar surface area (TPSA) is 89.0 Å². The first-order chi connectivity index (χ1) is 10.1. The summed E-state index contributed by atoms with van der Waals surface area (Å²) in [6.07, 6.45) is 8.88. The molecule has 1 aromatic rings. The number of carbonyl (C=O) groups excluding carboxylic acids is 1. The van der Waals surface area contributed by atoms with Crippen LogP contribution in [-0.4, -0.2) is 16.7 Å². The molecule has 2 N–H and O–H groups in total.